The molecule has 1 N–H and O–H groups in total. The van der Waals surface area contributed by atoms with Crippen molar-refractivity contribution in [3.8, 4) is 0 Å². The average molecular weight is 375 g/mol. The van der Waals surface area contributed by atoms with Gasteiger partial charge >= 0.3 is 0 Å². The number of rotatable bonds is 6. The molecule has 4 rings (SSSR count). The summed E-state index contributed by atoms with van der Waals surface area (Å²) in [7, 11) is 0. The van der Waals surface area contributed by atoms with Crippen molar-refractivity contribution < 1.29 is 4.74 Å². The quantitative estimate of drug-likeness (QED) is 0.811. The molecular formula is C20H34N6O. The molecule has 0 aliphatic carbocycles. The van der Waals surface area contributed by atoms with Crippen molar-refractivity contribution in [3.63, 3.8) is 0 Å². The molecule has 0 bridgehead atoms. The number of fused-ring (bicyclic) bond motifs is 1. The molecule has 7 heteroatoms. The Kier molecular flexibility index (Phi) is 6.10. The first-order valence-electron chi connectivity index (χ1n) is 10.6. The molecule has 0 amide bonds. The fourth-order valence-corrected chi connectivity index (χ4v) is 4.23. The number of likely N-dealkylation sites (tertiary alicyclic amines) is 1. The molecule has 3 aliphatic heterocycles. The van der Waals surface area contributed by atoms with Gasteiger partial charge in [-0.05, 0) is 39.8 Å². The Labute approximate surface area is 163 Å². The van der Waals surface area contributed by atoms with Gasteiger partial charge in [-0.2, -0.15) is 4.98 Å². The Hall–Kier alpha value is -1.44. The minimum absolute atomic E-state index is 0.363. The number of anilines is 2. The first-order valence-corrected chi connectivity index (χ1v) is 10.6. The third-order valence-corrected chi connectivity index (χ3v) is 5.78. The van der Waals surface area contributed by atoms with Crippen LogP contribution in [0.1, 0.15) is 37.9 Å². The number of hydrogen-bond acceptors (Lipinski definition) is 7. The molecule has 2 fully saturated rings. The van der Waals surface area contributed by atoms with Crippen LogP contribution in [0.4, 0.5) is 11.8 Å². The van der Waals surface area contributed by atoms with Gasteiger partial charge in [-0.25, -0.2) is 4.98 Å². The zero-order chi connectivity index (χ0) is 18.6. The Morgan fingerprint density at radius 3 is 2.44 bits per heavy atom. The van der Waals surface area contributed by atoms with E-state index in [0.717, 1.165) is 64.1 Å². The molecule has 0 aromatic carbocycles. The van der Waals surface area contributed by atoms with Gasteiger partial charge in [0.05, 0.1) is 18.9 Å². The van der Waals surface area contributed by atoms with Crippen LogP contribution in [-0.4, -0.2) is 84.8 Å². The van der Waals surface area contributed by atoms with Crippen molar-refractivity contribution in [2.24, 2.45) is 0 Å². The summed E-state index contributed by atoms with van der Waals surface area (Å²) in [6.45, 7) is 14.6. The van der Waals surface area contributed by atoms with Gasteiger partial charge in [0.15, 0.2) is 0 Å². The second-order valence-electron chi connectivity index (χ2n) is 8.27. The van der Waals surface area contributed by atoms with Crippen molar-refractivity contribution in [1.29, 1.82) is 0 Å². The zero-order valence-corrected chi connectivity index (χ0v) is 16.9. The summed E-state index contributed by atoms with van der Waals surface area (Å²) in [4.78, 5) is 17.3. The van der Waals surface area contributed by atoms with Gasteiger partial charge in [0.25, 0.3) is 0 Å². The molecule has 0 unspecified atom stereocenters. The number of aromatic nitrogens is 2. The number of ether oxygens (including phenoxy) is 1. The van der Waals surface area contributed by atoms with Crippen LogP contribution >= 0.6 is 0 Å². The summed E-state index contributed by atoms with van der Waals surface area (Å²) < 4.78 is 5.49. The van der Waals surface area contributed by atoms with Gasteiger partial charge < -0.3 is 19.9 Å². The average Bonchev–Trinajstić information content (AvgIpc) is 3.20. The smallest absolute Gasteiger partial charge is 0.227 e. The van der Waals surface area contributed by atoms with Gasteiger partial charge in [0.2, 0.25) is 5.95 Å². The molecule has 1 aromatic heterocycles. The molecule has 7 nitrogen and oxygen atoms in total. The fraction of sp³-hybridized carbons (Fsp3) is 0.800. The van der Waals surface area contributed by atoms with Crippen LogP contribution in [0, 0.1) is 0 Å². The van der Waals surface area contributed by atoms with E-state index in [-0.39, 0.29) is 0 Å². The predicted octanol–water partition coefficient (Wildman–Crippen LogP) is 1.59. The summed E-state index contributed by atoms with van der Waals surface area (Å²) in [6.07, 6.45) is 3.74. The SMILES string of the molecule is CC(C)Nc1nc(N2CCOCC2)nc2c1CN(CCN1CCCC1)CC2. The van der Waals surface area contributed by atoms with E-state index in [0.29, 0.717) is 6.04 Å². The normalized spacial score (nSPS) is 21.7. The van der Waals surface area contributed by atoms with E-state index < -0.39 is 0 Å². The second kappa shape index (κ2) is 8.71. The summed E-state index contributed by atoms with van der Waals surface area (Å²) in [5.74, 6) is 1.90. The molecule has 150 valence electrons. The number of morpholine rings is 1. The van der Waals surface area contributed by atoms with E-state index >= 15 is 0 Å². The van der Waals surface area contributed by atoms with Crippen LogP contribution in [0.3, 0.4) is 0 Å². The second-order valence-corrected chi connectivity index (χ2v) is 8.27. The molecule has 0 radical (unpaired) electrons. The van der Waals surface area contributed by atoms with Crippen molar-refractivity contribution in [1.82, 2.24) is 19.8 Å². The molecule has 3 aliphatic rings. The number of hydrogen-bond donors (Lipinski definition) is 1. The minimum atomic E-state index is 0.363. The van der Waals surface area contributed by atoms with Crippen LogP contribution in [0.5, 0.6) is 0 Å². The van der Waals surface area contributed by atoms with Gasteiger partial charge in [0, 0.05) is 57.3 Å². The highest BCUT2D eigenvalue weighted by Gasteiger charge is 2.25. The minimum Gasteiger partial charge on any atom is -0.378 e. The maximum absolute atomic E-state index is 5.49. The number of nitrogens with one attached hydrogen (secondary N) is 1. The van der Waals surface area contributed by atoms with Crippen LogP contribution in [0.2, 0.25) is 0 Å². The maximum Gasteiger partial charge on any atom is 0.227 e. The number of nitrogens with zero attached hydrogens (tertiary/aromatic N) is 5. The largest absolute Gasteiger partial charge is 0.378 e. The third-order valence-electron chi connectivity index (χ3n) is 5.78. The van der Waals surface area contributed by atoms with Gasteiger partial charge in [-0.15, -0.1) is 0 Å². The summed E-state index contributed by atoms with van der Waals surface area (Å²) in [5.41, 5.74) is 2.53. The highest BCUT2D eigenvalue weighted by molar-refractivity contribution is 5.52. The van der Waals surface area contributed by atoms with E-state index in [9.17, 15) is 0 Å². The van der Waals surface area contributed by atoms with E-state index in [4.69, 9.17) is 14.7 Å². The molecule has 27 heavy (non-hydrogen) atoms. The molecule has 0 spiro atoms. The van der Waals surface area contributed by atoms with E-state index in [2.05, 4.69) is 33.9 Å². The lowest BCUT2D eigenvalue weighted by Gasteiger charge is -2.33. The van der Waals surface area contributed by atoms with Gasteiger partial charge in [-0.3, -0.25) is 4.90 Å². The Morgan fingerprint density at radius 1 is 0.963 bits per heavy atom. The van der Waals surface area contributed by atoms with E-state index in [1.165, 1.54) is 43.7 Å². The van der Waals surface area contributed by atoms with Gasteiger partial charge in [-0.1, -0.05) is 0 Å². The monoisotopic (exact) mass is 374 g/mol. The predicted molar refractivity (Wildman–Crippen MR) is 108 cm³/mol. The topological polar surface area (TPSA) is 56.8 Å². The first-order chi connectivity index (χ1) is 13.2. The molecule has 0 atom stereocenters. The van der Waals surface area contributed by atoms with Gasteiger partial charge in [0.1, 0.15) is 5.82 Å². The van der Waals surface area contributed by atoms with Crippen LogP contribution < -0.4 is 10.2 Å². The van der Waals surface area contributed by atoms with Crippen LogP contribution in [-0.2, 0) is 17.7 Å². The fourth-order valence-electron chi connectivity index (χ4n) is 4.23. The highest BCUT2D eigenvalue weighted by atomic mass is 16.5. The third kappa shape index (κ3) is 4.70. The van der Waals surface area contributed by atoms with E-state index in [1.807, 2.05) is 0 Å². The van der Waals surface area contributed by atoms with Crippen molar-refractivity contribution in [2.45, 2.75) is 45.7 Å². The summed E-state index contributed by atoms with van der Waals surface area (Å²) in [5, 5.41) is 3.58. The summed E-state index contributed by atoms with van der Waals surface area (Å²) >= 11 is 0. The lowest BCUT2D eigenvalue weighted by molar-refractivity contribution is 0.122. The highest BCUT2D eigenvalue weighted by Crippen LogP contribution is 2.27. The van der Waals surface area contributed by atoms with Crippen molar-refractivity contribution >= 4 is 11.8 Å². The maximum atomic E-state index is 5.49. The van der Waals surface area contributed by atoms with Crippen molar-refractivity contribution in [2.75, 3.05) is 69.2 Å². The molecule has 2 saturated heterocycles. The lowest BCUT2D eigenvalue weighted by atomic mass is 10.1. The van der Waals surface area contributed by atoms with E-state index in [1.54, 1.807) is 0 Å². The zero-order valence-electron chi connectivity index (χ0n) is 16.9. The molecule has 0 saturated carbocycles. The lowest BCUT2D eigenvalue weighted by Crippen LogP contribution is -2.40. The van der Waals surface area contributed by atoms with Crippen LogP contribution in [0.25, 0.3) is 0 Å². The summed E-state index contributed by atoms with van der Waals surface area (Å²) in [6, 6.07) is 0.363. The first kappa shape index (κ1) is 18.9. The molecule has 1 aromatic rings. The standard InChI is InChI=1S/C20H34N6O/c1-16(2)21-19-17-15-25(10-9-24-6-3-4-7-24)8-5-18(17)22-20(23-19)26-11-13-27-14-12-26/h16H,3-15H2,1-2H3,(H,21,22,23). The Morgan fingerprint density at radius 2 is 1.70 bits per heavy atom. The van der Waals surface area contributed by atoms with Crippen molar-refractivity contribution in [3.05, 3.63) is 11.3 Å². The molecule has 4 heterocycles. The van der Waals surface area contributed by atoms with Crippen LogP contribution in [0.15, 0.2) is 0 Å². The Balaban J connectivity index is 1.49. The molecular weight excluding hydrogens is 340 g/mol. The Bertz CT molecular complexity index is 625.